The number of carbonyl (C=O) groups is 1. The maximum Gasteiger partial charge on any atom is 0.335 e. The Morgan fingerprint density at radius 1 is 1.10 bits per heavy atom. The maximum atomic E-state index is 11.5. The van der Waals surface area contributed by atoms with E-state index in [0.29, 0.717) is 18.0 Å². The highest BCUT2D eigenvalue weighted by Gasteiger charge is 2.22. The number of hydrogen-bond donors (Lipinski definition) is 1. The van der Waals surface area contributed by atoms with E-state index in [-0.39, 0.29) is 11.7 Å². The molecule has 0 spiro atoms. The minimum Gasteiger partial charge on any atom is -0.493 e. The van der Waals surface area contributed by atoms with Crippen LogP contribution in [-0.4, -0.2) is 29.3 Å². The van der Waals surface area contributed by atoms with Gasteiger partial charge in [-0.3, -0.25) is 4.98 Å². The number of benzene rings is 2. The zero-order valence-electron chi connectivity index (χ0n) is 16.8. The van der Waals surface area contributed by atoms with Crippen LogP contribution in [0.2, 0.25) is 0 Å². The summed E-state index contributed by atoms with van der Waals surface area (Å²) in [6, 6.07) is 16.6. The van der Waals surface area contributed by atoms with Crippen molar-refractivity contribution >= 4 is 17.3 Å². The minimum atomic E-state index is -0.957. The summed E-state index contributed by atoms with van der Waals surface area (Å²) >= 11 is 0. The zero-order chi connectivity index (χ0) is 20.9. The van der Waals surface area contributed by atoms with Gasteiger partial charge in [-0.25, -0.2) is 4.79 Å². The van der Waals surface area contributed by atoms with Crippen LogP contribution in [-0.2, 0) is 6.54 Å². The van der Waals surface area contributed by atoms with Crippen LogP contribution in [0.4, 0.5) is 11.4 Å². The van der Waals surface area contributed by atoms with E-state index in [1.54, 1.807) is 31.5 Å². The van der Waals surface area contributed by atoms with Crippen molar-refractivity contribution in [3.05, 3.63) is 78.1 Å². The number of ether oxygens (including phenoxy) is 2. The Hall–Kier alpha value is -3.54. The molecule has 3 aromatic rings. The molecule has 1 aromatic heterocycles. The lowest BCUT2D eigenvalue weighted by atomic mass is 9.96. The SMILES string of the molecule is COc1ccc(N(Cc2cccnc2)c2cccc(C(=O)O)c2)cc1OC1CCC1. The molecule has 1 aliphatic carbocycles. The highest BCUT2D eigenvalue weighted by molar-refractivity contribution is 5.89. The number of aromatic carboxylic acids is 1. The van der Waals surface area contributed by atoms with Crippen LogP contribution in [0.25, 0.3) is 0 Å². The molecule has 0 amide bonds. The lowest BCUT2D eigenvalue weighted by molar-refractivity contribution is 0.0697. The first-order valence-electron chi connectivity index (χ1n) is 9.98. The smallest absolute Gasteiger partial charge is 0.335 e. The molecule has 30 heavy (non-hydrogen) atoms. The molecule has 6 heteroatoms. The highest BCUT2D eigenvalue weighted by Crippen LogP contribution is 2.38. The molecule has 0 aliphatic heterocycles. The van der Waals surface area contributed by atoms with Crippen LogP contribution in [0, 0.1) is 0 Å². The van der Waals surface area contributed by atoms with Gasteiger partial charge in [0.15, 0.2) is 11.5 Å². The Bertz CT molecular complexity index is 1020. The fourth-order valence-electron chi connectivity index (χ4n) is 3.41. The second-order valence-electron chi connectivity index (χ2n) is 7.31. The third-order valence-corrected chi connectivity index (χ3v) is 5.27. The van der Waals surface area contributed by atoms with Crippen molar-refractivity contribution in [2.75, 3.05) is 12.0 Å². The normalized spacial score (nSPS) is 13.4. The largest absolute Gasteiger partial charge is 0.493 e. The number of pyridine rings is 1. The summed E-state index contributed by atoms with van der Waals surface area (Å²) in [7, 11) is 1.63. The van der Waals surface area contributed by atoms with E-state index >= 15 is 0 Å². The predicted molar refractivity (Wildman–Crippen MR) is 115 cm³/mol. The molecule has 1 N–H and O–H groups in total. The third kappa shape index (κ3) is 4.38. The van der Waals surface area contributed by atoms with Gasteiger partial charge in [0.25, 0.3) is 0 Å². The number of hydrogen-bond acceptors (Lipinski definition) is 5. The van der Waals surface area contributed by atoms with Gasteiger partial charge in [0, 0.05) is 36.4 Å². The fourth-order valence-corrected chi connectivity index (χ4v) is 3.41. The van der Waals surface area contributed by atoms with Crippen molar-refractivity contribution < 1.29 is 19.4 Å². The van der Waals surface area contributed by atoms with E-state index in [4.69, 9.17) is 9.47 Å². The standard InChI is InChI=1S/C24H24N2O4/c1-29-22-11-10-20(14-23(22)30-21-8-3-9-21)26(16-17-5-4-12-25-15-17)19-7-2-6-18(13-19)24(27)28/h2,4-7,10-15,21H,3,8-9,16H2,1H3,(H,27,28). The molecule has 1 saturated carbocycles. The van der Waals surface area contributed by atoms with E-state index in [1.807, 2.05) is 42.6 Å². The summed E-state index contributed by atoms with van der Waals surface area (Å²) in [5, 5.41) is 9.43. The summed E-state index contributed by atoms with van der Waals surface area (Å²) in [6.45, 7) is 0.534. The molecule has 1 fully saturated rings. The molecule has 0 saturated heterocycles. The summed E-state index contributed by atoms with van der Waals surface area (Å²) in [6.07, 6.45) is 7.04. The van der Waals surface area contributed by atoms with Gasteiger partial charge in [-0.15, -0.1) is 0 Å². The average molecular weight is 404 g/mol. The summed E-state index contributed by atoms with van der Waals surface area (Å²) in [5.41, 5.74) is 2.91. The van der Waals surface area contributed by atoms with Gasteiger partial charge in [0.2, 0.25) is 0 Å². The molecule has 1 heterocycles. The lowest BCUT2D eigenvalue weighted by Gasteiger charge is -2.29. The van der Waals surface area contributed by atoms with Gasteiger partial charge in [-0.2, -0.15) is 0 Å². The first kappa shape index (κ1) is 19.8. The number of anilines is 2. The number of rotatable bonds is 8. The predicted octanol–water partition coefficient (Wildman–Crippen LogP) is 5.06. The van der Waals surface area contributed by atoms with Crippen molar-refractivity contribution in [2.24, 2.45) is 0 Å². The number of aromatic nitrogens is 1. The van der Waals surface area contributed by atoms with Crippen LogP contribution in [0.1, 0.15) is 35.2 Å². The van der Waals surface area contributed by atoms with E-state index in [9.17, 15) is 9.90 Å². The highest BCUT2D eigenvalue weighted by atomic mass is 16.5. The Kier molecular flexibility index (Phi) is 5.84. The molecule has 154 valence electrons. The number of carboxylic acid groups (broad SMARTS) is 1. The van der Waals surface area contributed by atoms with Gasteiger partial charge in [0.1, 0.15) is 0 Å². The Balaban J connectivity index is 1.74. The molecule has 0 atom stereocenters. The zero-order valence-corrected chi connectivity index (χ0v) is 16.8. The van der Waals surface area contributed by atoms with E-state index < -0.39 is 5.97 Å². The maximum absolute atomic E-state index is 11.5. The third-order valence-electron chi connectivity index (χ3n) is 5.27. The molecule has 6 nitrogen and oxygen atoms in total. The topological polar surface area (TPSA) is 71.9 Å². The molecule has 1 aliphatic rings. The van der Waals surface area contributed by atoms with Gasteiger partial charge in [0.05, 0.1) is 18.8 Å². The van der Waals surface area contributed by atoms with E-state index in [2.05, 4.69) is 9.88 Å². The molecular formula is C24H24N2O4. The van der Waals surface area contributed by atoms with Crippen LogP contribution < -0.4 is 14.4 Å². The lowest BCUT2D eigenvalue weighted by Crippen LogP contribution is -2.25. The van der Waals surface area contributed by atoms with E-state index in [1.165, 1.54) is 6.42 Å². The Morgan fingerprint density at radius 3 is 2.60 bits per heavy atom. The number of nitrogens with zero attached hydrogens (tertiary/aromatic N) is 2. The minimum absolute atomic E-state index is 0.219. The Morgan fingerprint density at radius 2 is 1.93 bits per heavy atom. The molecule has 0 unspecified atom stereocenters. The van der Waals surface area contributed by atoms with Crippen LogP contribution in [0.3, 0.4) is 0 Å². The molecular weight excluding hydrogens is 380 g/mol. The molecule has 2 aromatic carbocycles. The van der Waals surface area contributed by atoms with Crippen LogP contribution in [0.5, 0.6) is 11.5 Å². The van der Waals surface area contributed by atoms with Gasteiger partial charge in [-0.1, -0.05) is 12.1 Å². The van der Waals surface area contributed by atoms with Gasteiger partial charge >= 0.3 is 5.97 Å². The second-order valence-corrected chi connectivity index (χ2v) is 7.31. The summed E-state index contributed by atoms with van der Waals surface area (Å²) in [5.74, 6) is 0.429. The van der Waals surface area contributed by atoms with Gasteiger partial charge < -0.3 is 19.5 Å². The van der Waals surface area contributed by atoms with Crippen molar-refractivity contribution in [1.82, 2.24) is 4.98 Å². The van der Waals surface area contributed by atoms with Crippen molar-refractivity contribution in [3.63, 3.8) is 0 Å². The van der Waals surface area contributed by atoms with Crippen LogP contribution >= 0.6 is 0 Å². The van der Waals surface area contributed by atoms with Gasteiger partial charge in [-0.05, 0) is 61.2 Å². The quantitative estimate of drug-likeness (QED) is 0.566. The van der Waals surface area contributed by atoms with Crippen molar-refractivity contribution in [2.45, 2.75) is 31.9 Å². The fraction of sp³-hybridized carbons (Fsp3) is 0.250. The van der Waals surface area contributed by atoms with Crippen molar-refractivity contribution in [1.29, 1.82) is 0 Å². The van der Waals surface area contributed by atoms with E-state index in [0.717, 1.165) is 29.8 Å². The first-order valence-corrected chi connectivity index (χ1v) is 9.98. The number of methoxy groups -OCH3 is 1. The van der Waals surface area contributed by atoms with Crippen LogP contribution in [0.15, 0.2) is 67.0 Å². The second kappa shape index (κ2) is 8.86. The molecule has 0 radical (unpaired) electrons. The number of carboxylic acids is 1. The molecule has 0 bridgehead atoms. The van der Waals surface area contributed by atoms with Crippen molar-refractivity contribution in [3.8, 4) is 11.5 Å². The Labute approximate surface area is 175 Å². The first-order chi connectivity index (χ1) is 14.6. The average Bonchev–Trinajstić information content (AvgIpc) is 2.75. The molecule has 4 rings (SSSR count). The summed E-state index contributed by atoms with van der Waals surface area (Å²) < 4.78 is 11.6. The summed E-state index contributed by atoms with van der Waals surface area (Å²) in [4.78, 5) is 17.8. The monoisotopic (exact) mass is 404 g/mol.